The van der Waals surface area contributed by atoms with E-state index in [9.17, 15) is 30.7 Å². The summed E-state index contributed by atoms with van der Waals surface area (Å²) in [5.74, 6) is -5.70. The normalized spacial score (nSPS) is 12.9. The molecule has 0 N–H and O–H groups in total. The van der Waals surface area contributed by atoms with Crippen LogP contribution < -0.4 is 4.74 Å². The van der Waals surface area contributed by atoms with Gasteiger partial charge in [0, 0.05) is 6.20 Å². The van der Waals surface area contributed by atoms with Gasteiger partial charge < -0.3 is 4.74 Å². The number of rotatable bonds is 4. The second kappa shape index (κ2) is 4.99. The highest BCUT2D eigenvalue weighted by Gasteiger charge is 2.43. The summed E-state index contributed by atoms with van der Waals surface area (Å²) in [5, 5.41) is 0. The number of pyridine rings is 1. The van der Waals surface area contributed by atoms with Crippen LogP contribution in [0.4, 0.5) is 30.7 Å². The average Bonchev–Trinajstić information content (AvgIpc) is 2.25. The Morgan fingerprint density at radius 3 is 2.28 bits per heavy atom. The molecule has 0 aliphatic rings. The van der Waals surface area contributed by atoms with E-state index in [1.165, 1.54) is 0 Å². The van der Waals surface area contributed by atoms with E-state index < -0.39 is 36.6 Å². The molecule has 0 bridgehead atoms. The Balaban J connectivity index is 2.86. The molecule has 0 aliphatic heterocycles. The van der Waals surface area contributed by atoms with Gasteiger partial charge in [0.2, 0.25) is 5.88 Å². The van der Waals surface area contributed by atoms with Gasteiger partial charge in [0.05, 0.1) is 0 Å². The lowest BCUT2D eigenvalue weighted by Crippen LogP contribution is -2.34. The van der Waals surface area contributed by atoms with E-state index in [1.807, 2.05) is 0 Å². The predicted molar refractivity (Wildman–Crippen MR) is 45.7 cm³/mol. The Morgan fingerprint density at radius 1 is 1.17 bits per heavy atom. The van der Waals surface area contributed by atoms with Crippen molar-refractivity contribution >= 4 is 0 Å². The van der Waals surface area contributed by atoms with Gasteiger partial charge in [-0.05, 0) is 12.1 Å². The average molecular weight is 277 g/mol. The first-order valence-corrected chi connectivity index (χ1v) is 4.45. The Bertz CT molecular complexity index is 404. The summed E-state index contributed by atoms with van der Waals surface area (Å²) in [5.41, 5.74) is -1.41. The van der Waals surface area contributed by atoms with E-state index in [-0.39, 0.29) is 0 Å². The van der Waals surface area contributed by atoms with Crippen molar-refractivity contribution < 1.29 is 35.5 Å². The largest absolute Gasteiger partial charge is 0.471 e. The van der Waals surface area contributed by atoms with Crippen molar-refractivity contribution in [2.45, 2.75) is 18.5 Å². The second-order valence-electron chi connectivity index (χ2n) is 3.20. The summed E-state index contributed by atoms with van der Waals surface area (Å²) in [6.07, 6.45) is -8.04. The smallest absolute Gasteiger partial charge is 0.421 e. The van der Waals surface area contributed by atoms with E-state index in [0.717, 1.165) is 12.3 Å². The van der Waals surface area contributed by atoms with Crippen LogP contribution in [0.5, 0.6) is 5.88 Å². The molecule has 102 valence electrons. The molecular formula is C9H6F7NO. The van der Waals surface area contributed by atoms with Gasteiger partial charge in [-0.2, -0.15) is 22.0 Å². The SMILES string of the molecule is FC(F)C(F)(F)COc1ncccc1C(F)(F)F. The Morgan fingerprint density at radius 2 is 1.78 bits per heavy atom. The molecule has 9 heteroatoms. The number of nitrogens with zero attached hydrogens (tertiary/aromatic N) is 1. The molecule has 18 heavy (non-hydrogen) atoms. The highest BCUT2D eigenvalue weighted by Crippen LogP contribution is 2.35. The number of alkyl halides is 7. The number of ether oxygens (including phenoxy) is 1. The van der Waals surface area contributed by atoms with E-state index in [0.29, 0.717) is 6.07 Å². The Kier molecular flexibility index (Phi) is 4.02. The van der Waals surface area contributed by atoms with Crippen molar-refractivity contribution in [3.8, 4) is 5.88 Å². The number of hydrogen-bond donors (Lipinski definition) is 0. The molecule has 0 spiro atoms. The fourth-order valence-corrected chi connectivity index (χ4v) is 0.949. The van der Waals surface area contributed by atoms with Crippen LogP contribution >= 0.6 is 0 Å². The molecular weight excluding hydrogens is 271 g/mol. The van der Waals surface area contributed by atoms with Crippen LogP contribution in [0.2, 0.25) is 0 Å². The van der Waals surface area contributed by atoms with Gasteiger partial charge in [0.1, 0.15) is 5.56 Å². The van der Waals surface area contributed by atoms with Crippen LogP contribution in [-0.4, -0.2) is 23.9 Å². The molecule has 0 radical (unpaired) electrons. The van der Waals surface area contributed by atoms with Crippen molar-refractivity contribution in [1.82, 2.24) is 4.98 Å². The third-order valence-corrected chi connectivity index (χ3v) is 1.80. The summed E-state index contributed by atoms with van der Waals surface area (Å²) < 4.78 is 89.6. The van der Waals surface area contributed by atoms with Gasteiger partial charge >= 0.3 is 18.5 Å². The zero-order valence-corrected chi connectivity index (χ0v) is 8.52. The van der Waals surface area contributed by atoms with E-state index in [4.69, 9.17) is 0 Å². The van der Waals surface area contributed by atoms with E-state index in [1.54, 1.807) is 0 Å². The molecule has 0 amide bonds. The van der Waals surface area contributed by atoms with Gasteiger partial charge in [-0.1, -0.05) is 0 Å². The minimum absolute atomic E-state index is 0.544. The molecule has 0 saturated heterocycles. The van der Waals surface area contributed by atoms with Crippen LogP contribution in [0.15, 0.2) is 18.3 Å². The standard InChI is InChI=1S/C9H6F7NO/c10-7(11)8(12,13)4-18-6-5(9(14,15)16)2-1-3-17-6/h1-3,7H,4H2. The maximum atomic E-state index is 12.5. The van der Waals surface area contributed by atoms with E-state index in [2.05, 4.69) is 9.72 Å². The van der Waals surface area contributed by atoms with Gasteiger partial charge in [-0.3, -0.25) is 0 Å². The first kappa shape index (κ1) is 14.5. The van der Waals surface area contributed by atoms with Crippen molar-refractivity contribution in [3.63, 3.8) is 0 Å². The molecule has 1 rings (SSSR count). The van der Waals surface area contributed by atoms with Gasteiger partial charge in [-0.15, -0.1) is 0 Å². The Labute approximate surface area is 96.4 Å². The fourth-order valence-electron chi connectivity index (χ4n) is 0.949. The van der Waals surface area contributed by atoms with Crippen LogP contribution in [0, 0.1) is 0 Å². The second-order valence-corrected chi connectivity index (χ2v) is 3.20. The maximum Gasteiger partial charge on any atom is 0.421 e. The van der Waals surface area contributed by atoms with Crippen LogP contribution in [0.25, 0.3) is 0 Å². The summed E-state index contributed by atoms with van der Waals surface area (Å²) >= 11 is 0. The molecule has 1 aromatic rings. The van der Waals surface area contributed by atoms with Crippen LogP contribution in [-0.2, 0) is 6.18 Å². The van der Waals surface area contributed by atoms with Crippen molar-refractivity contribution in [1.29, 1.82) is 0 Å². The first-order chi connectivity index (χ1) is 8.14. The maximum absolute atomic E-state index is 12.5. The van der Waals surface area contributed by atoms with Crippen LogP contribution in [0.1, 0.15) is 5.56 Å². The number of hydrogen-bond acceptors (Lipinski definition) is 2. The molecule has 0 atom stereocenters. The van der Waals surface area contributed by atoms with Gasteiger partial charge in [0.15, 0.2) is 6.61 Å². The zero-order valence-electron chi connectivity index (χ0n) is 8.52. The minimum atomic E-state index is -4.87. The molecule has 2 nitrogen and oxygen atoms in total. The molecule has 0 unspecified atom stereocenters. The summed E-state index contributed by atoms with van der Waals surface area (Å²) in [4.78, 5) is 3.09. The predicted octanol–water partition coefficient (Wildman–Crippen LogP) is 3.38. The topological polar surface area (TPSA) is 22.1 Å². The molecule has 0 saturated carbocycles. The monoisotopic (exact) mass is 277 g/mol. The lowest BCUT2D eigenvalue weighted by molar-refractivity contribution is -0.154. The third-order valence-electron chi connectivity index (χ3n) is 1.80. The minimum Gasteiger partial charge on any atom is -0.471 e. The zero-order chi connectivity index (χ0) is 14.0. The molecule has 0 aromatic carbocycles. The van der Waals surface area contributed by atoms with Gasteiger partial charge in [0.25, 0.3) is 0 Å². The molecule has 0 fully saturated rings. The van der Waals surface area contributed by atoms with Crippen molar-refractivity contribution in [2.24, 2.45) is 0 Å². The quantitative estimate of drug-likeness (QED) is 0.787. The summed E-state index contributed by atoms with van der Waals surface area (Å²) in [7, 11) is 0. The van der Waals surface area contributed by atoms with Crippen molar-refractivity contribution in [3.05, 3.63) is 23.9 Å². The number of aromatic nitrogens is 1. The summed E-state index contributed by atoms with van der Waals surface area (Å²) in [6, 6.07) is 1.46. The van der Waals surface area contributed by atoms with Gasteiger partial charge in [-0.25, -0.2) is 13.8 Å². The third kappa shape index (κ3) is 3.47. The Hall–Kier alpha value is -1.54. The highest BCUT2D eigenvalue weighted by molar-refractivity contribution is 5.28. The van der Waals surface area contributed by atoms with E-state index >= 15 is 0 Å². The molecule has 1 aromatic heterocycles. The fraction of sp³-hybridized carbons (Fsp3) is 0.444. The lowest BCUT2D eigenvalue weighted by Gasteiger charge is -2.17. The van der Waals surface area contributed by atoms with Crippen LogP contribution in [0.3, 0.4) is 0 Å². The highest BCUT2D eigenvalue weighted by atomic mass is 19.4. The van der Waals surface area contributed by atoms with Crippen molar-refractivity contribution in [2.75, 3.05) is 6.61 Å². The lowest BCUT2D eigenvalue weighted by atomic mass is 10.2. The number of halogens is 7. The first-order valence-electron chi connectivity index (χ1n) is 4.45. The summed E-state index contributed by atoms with van der Waals surface area (Å²) in [6.45, 7) is -1.88. The molecule has 0 aliphatic carbocycles. The molecule has 1 heterocycles.